The summed E-state index contributed by atoms with van der Waals surface area (Å²) in [5, 5.41) is 3.33. The summed E-state index contributed by atoms with van der Waals surface area (Å²) in [7, 11) is 3.35. The normalized spacial score (nSPS) is 14.7. The van der Waals surface area contributed by atoms with Crippen molar-refractivity contribution in [2.45, 2.75) is 13.0 Å². The minimum Gasteiger partial charge on any atom is -0.493 e. The SMILES string of the molecule is COc1ccc2c(c1OC)CNCC2. The van der Waals surface area contributed by atoms with E-state index in [2.05, 4.69) is 11.4 Å². The van der Waals surface area contributed by atoms with Gasteiger partial charge in [0.1, 0.15) is 0 Å². The average molecular weight is 193 g/mol. The maximum absolute atomic E-state index is 5.37. The molecule has 0 radical (unpaired) electrons. The number of benzene rings is 1. The van der Waals surface area contributed by atoms with Crippen molar-refractivity contribution < 1.29 is 9.47 Å². The average Bonchev–Trinajstić information content (AvgIpc) is 2.27. The Hall–Kier alpha value is -1.22. The highest BCUT2D eigenvalue weighted by atomic mass is 16.5. The third-order valence-electron chi connectivity index (χ3n) is 2.62. The van der Waals surface area contributed by atoms with E-state index in [0.29, 0.717) is 0 Å². The van der Waals surface area contributed by atoms with Crippen LogP contribution in [0.3, 0.4) is 0 Å². The molecule has 1 aromatic rings. The fourth-order valence-corrected chi connectivity index (χ4v) is 1.90. The highest BCUT2D eigenvalue weighted by Crippen LogP contribution is 2.34. The Balaban J connectivity index is 2.50. The van der Waals surface area contributed by atoms with Gasteiger partial charge in [0.2, 0.25) is 0 Å². The van der Waals surface area contributed by atoms with Gasteiger partial charge >= 0.3 is 0 Å². The molecule has 14 heavy (non-hydrogen) atoms. The van der Waals surface area contributed by atoms with E-state index in [-0.39, 0.29) is 0 Å². The predicted octanol–water partition coefficient (Wildman–Crippen LogP) is 1.35. The number of hydrogen-bond acceptors (Lipinski definition) is 3. The number of nitrogens with one attached hydrogen (secondary N) is 1. The monoisotopic (exact) mass is 193 g/mol. The molecule has 1 aliphatic rings. The van der Waals surface area contributed by atoms with Crippen LogP contribution in [0.25, 0.3) is 0 Å². The minimum absolute atomic E-state index is 0.815. The molecule has 0 aromatic heterocycles. The largest absolute Gasteiger partial charge is 0.493 e. The van der Waals surface area contributed by atoms with Gasteiger partial charge in [-0.25, -0.2) is 0 Å². The Morgan fingerprint density at radius 1 is 1.21 bits per heavy atom. The lowest BCUT2D eigenvalue weighted by Crippen LogP contribution is -2.24. The first-order valence-electron chi connectivity index (χ1n) is 4.80. The molecule has 0 saturated heterocycles. The van der Waals surface area contributed by atoms with Crippen molar-refractivity contribution in [1.82, 2.24) is 5.32 Å². The third-order valence-corrected chi connectivity index (χ3v) is 2.62. The van der Waals surface area contributed by atoms with E-state index in [1.165, 1.54) is 11.1 Å². The summed E-state index contributed by atoms with van der Waals surface area (Å²) >= 11 is 0. The first-order chi connectivity index (χ1) is 6.86. The molecule has 0 amide bonds. The van der Waals surface area contributed by atoms with Gasteiger partial charge in [-0.15, -0.1) is 0 Å². The first kappa shape index (κ1) is 9.34. The van der Waals surface area contributed by atoms with Crippen LogP contribution in [0.5, 0.6) is 11.5 Å². The van der Waals surface area contributed by atoms with E-state index in [1.54, 1.807) is 14.2 Å². The zero-order valence-electron chi connectivity index (χ0n) is 8.59. The lowest BCUT2D eigenvalue weighted by Gasteiger charge is -2.21. The van der Waals surface area contributed by atoms with Crippen LogP contribution in [-0.4, -0.2) is 20.8 Å². The van der Waals surface area contributed by atoms with Crippen LogP contribution in [0.1, 0.15) is 11.1 Å². The number of methoxy groups -OCH3 is 2. The lowest BCUT2D eigenvalue weighted by atomic mass is 9.99. The summed E-state index contributed by atoms with van der Waals surface area (Å²) in [6, 6.07) is 4.10. The fraction of sp³-hybridized carbons (Fsp3) is 0.455. The van der Waals surface area contributed by atoms with Gasteiger partial charge < -0.3 is 14.8 Å². The first-order valence-corrected chi connectivity index (χ1v) is 4.80. The van der Waals surface area contributed by atoms with Crippen LogP contribution < -0.4 is 14.8 Å². The zero-order valence-corrected chi connectivity index (χ0v) is 8.59. The van der Waals surface area contributed by atoms with Crippen LogP contribution in [0, 0.1) is 0 Å². The topological polar surface area (TPSA) is 30.5 Å². The number of rotatable bonds is 2. The van der Waals surface area contributed by atoms with Gasteiger partial charge in [0.05, 0.1) is 14.2 Å². The molecule has 2 rings (SSSR count). The molecule has 3 heteroatoms. The van der Waals surface area contributed by atoms with Gasteiger partial charge in [-0.05, 0) is 24.6 Å². The standard InChI is InChI=1S/C11H15NO2/c1-13-10-4-3-8-5-6-12-7-9(8)11(10)14-2/h3-4,12H,5-7H2,1-2H3. The molecular weight excluding hydrogens is 178 g/mol. The van der Waals surface area contributed by atoms with Crippen LogP contribution in [-0.2, 0) is 13.0 Å². The summed E-state index contributed by atoms with van der Waals surface area (Å²) in [4.78, 5) is 0. The molecule has 0 fully saturated rings. The fourth-order valence-electron chi connectivity index (χ4n) is 1.90. The molecule has 1 N–H and O–H groups in total. The van der Waals surface area contributed by atoms with E-state index < -0.39 is 0 Å². The van der Waals surface area contributed by atoms with Gasteiger partial charge in [-0.1, -0.05) is 6.07 Å². The third kappa shape index (κ3) is 1.44. The summed E-state index contributed by atoms with van der Waals surface area (Å²) in [6.07, 6.45) is 1.07. The maximum Gasteiger partial charge on any atom is 0.165 e. The molecule has 1 heterocycles. The Morgan fingerprint density at radius 3 is 2.79 bits per heavy atom. The van der Waals surface area contributed by atoms with Crippen molar-refractivity contribution in [3.05, 3.63) is 23.3 Å². The molecule has 76 valence electrons. The highest BCUT2D eigenvalue weighted by molar-refractivity contribution is 5.51. The van der Waals surface area contributed by atoms with E-state index in [0.717, 1.165) is 31.0 Å². The Labute approximate surface area is 84.0 Å². The Morgan fingerprint density at radius 2 is 2.07 bits per heavy atom. The van der Waals surface area contributed by atoms with E-state index in [1.807, 2.05) is 6.07 Å². The summed E-state index contributed by atoms with van der Waals surface area (Å²) in [5.41, 5.74) is 2.60. The predicted molar refractivity (Wildman–Crippen MR) is 55.0 cm³/mol. The van der Waals surface area contributed by atoms with E-state index in [9.17, 15) is 0 Å². The van der Waals surface area contributed by atoms with Crippen molar-refractivity contribution >= 4 is 0 Å². The second-order valence-corrected chi connectivity index (χ2v) is 3.37. The molecule has 3 nitrogen and oxygen atoms in total. The van der Waals surface area contributed by atoms with Crippen molar-refractivity contribution in [2.75, 3.05) is 20.8 Å². The van der Waals surface area contributed by atoms with Gasteiger partial charge in [-0.3, -0.25) is 0 Å². The quantitative estimate of drug-likeness (QED) is 0.769. The van der Waals surface area contributed by atoms with Crippen LogP contribution >= 0.6 is 0 Å². The molecule has 0 bridgehead atoms. The second kappa shape index (κ2) is 3.88. The Kier molecular flexibility index (Phi) is 2.59. The second-order valence-electron chi connectivity index (χ2n) is 3.37. The van der Waals surface area contributed by atoms with Gasteiger partial charge in [-0.2, -0.15) is 0 Å². The molecular formula is C11H15NO2. The highest BCUT2D eigenvalue weighted by Gasteiger charge is 2.16. The van der Waals surface area contributed by atoms with Crippen LogP contribution in [0.4, 0.5) is 0 Å². The molecule has 0 unspecified atom stereocenters. The molecule has 1 aliphatic heterocycles. The minimum atomic E-state index is 0.815. The van der Waals surface area contributed by atoms with Crippen molar-refractivity contribution in [2.24, 2.45) is 0 Å². The maximum atomic E-state index is 5.37. The number of fused-ring (bicyclic) bond motifs is 1. The smallest absolute Gasteiger partial charge is 0.165 e. The van der Waals surface area contributed by atoms with Gasteiger partial charge in [0, 0.05) is 12.1 Å². The van der Waals surface area contributed by atoms with Gasteiger partial charge in [0.15, 0.2) is 11.5 Å². The van der Waals surface area contributed by atoms with E-state index in [4.69, 9.17) is 9.47 Å². The van der Waals surface area contributed by atoms with E-state index >= 15 is 0 Å². The van der Waals surface area contributed by atoms with Crippen molar-refractivity contribution in [1.29, 1.82) is 0 Å². The number of hydrogen-bond donors (Lipinski definition) is 1. The molecule has 0 saturated carbocycles. The van der Waals surface area contributed by atoms with Crippen LogP contribution in [0.15, 0.2) is 12.1 Å². The molecule has 0 aliphatic carbocycles. The summed E-state index contributed by atoms with van der Waals surface area (Å²) in [5.74, 6) is 1.69. The zero-order chi connectivity index (χ0) is 9.97. The van der Waals surface area contributed by atoms with Crippen LogP contribution in [0.2, 0.25) is 0 Å². The Bertz CT molecular complexity index is 321. The molecule has 1 aromatic carbocycles. The molecule has 0 spiro atoms. The summed E-state index contributed by atoms with van der Waals surface area (Å²) < 4.78 is 10.6. The van der Waals surface area contributed by atoms with Gasteiger partial charge in [0.25, 0.3) is 0 Å². The molecule has 0 atom stereocenters. The van der Waals surface area contributed by atoms with Crippen molar-refractivity contribution in [3.63, 3.8) is 0 Å². The van der Waals surface area contributed by atoms with Crippen molar-refractivity contribution in [3.8, 4) is 11.5 Å². The summed E-state index contributed by atoms with van der Waals surface area (Å²) in [6.45, 7) is 1.91. The number of ether oxygens (including phenoxy) is 2. The lowest BCUT2D eigenvalue weighted by molar-refractivity contribution is 0.349.